The van der Waals surface area contributed by atoms with Crippen molar-refractivity contribution in [2.75, 3.05) is 10.0 Å². The number of benzene rings is 5. The Bertz CT molecular complexity index is 2810. The minimum Gasteiger partial charge on any atom is -0.339 e. The van der Waals surface area contributed by atoms with Crippen molar-refractivity contribution in [1.29, 1.82) is 5.26 Å². The van der Waals surface area contributed by atoms with Crippen LogP contribution in [0.4, 0.5) is 22.9 Å². The SMILES string of the molecule is N#Cc1c(Nc2ccc(S(=O)(=O)Nc3ccc([N+](=O)[O-])cc3)cc2)nc2c(sc3nnc(-c4ccccc4)c(-c4ccccc4)c32)c1-c1ccccc1. The quantitative estimate of drug-likeness (QED) is 0.109. The van der Waals surface area contributed by atoms with E-state index in [9.17, 15) is 23.8 Å². The van der Waals surface area contributed by atoms with Crippen molar-refractivity contribution in [2.24, 2.45) is 0 Å². The summed E-state index contributed by atoms with van der Waals surface area (Å²) in [6.07, 6.45) is 0. The Labute approximate surface area is 307 Å². The highest BCUT2D eigenvalue weighted by Crippen LogP contribution is 2.47. The number of hydrogen-bond donors (Lipinski definition) is 2. The number of hydrogen-bond acceptors (Lipinski definition) is 10. The van der Waals surface area contributed by atoms with Crippen LogP contribution in [-0.2, 0) is 10.0 Å². The number of nitrogens with zero attached hydrogens (tertiary/aromatic N) is 5. The molecule has 8 aromatic rings. The summed E-state index contributed by atoms with van der Waals surface area (Å²) in [5.41, 5.74) is 6.38. The van der Waals surface area contributed by atoms with Crippen LogP contribution >= 0.6 is 11.3 Å². The third-order valence-electron chi connectivity index (χ3n) is 8.57. The number of pyridine rings is 1. The van der Waals surface area contributed by atoms with Crippen LogP contribution in [0.2, 0.25) is 0 Å². The molecular formula is C40H25N7O4S2. The van der Waals surface area contributed by atoms with Crippen molar-refractivity contribution in [3.63, 3.8) is 0 Å². The van der Waals surface area contributed by atoms with Gasteiger partial charge in [0.05, 0.1) is 20.0 Å². The molecule has 0 amide bonds. The smallest absolute Gasteiger partial charge is 0.269 e. The van der Waals surface area contributed by atoms with E-state index in [2.05, 4.69) is 16.1 Å². The van der Waals surface area contributed by atoms with Crippen molar-refractivity contribution < 1.29 is 13.3 Å². The lowest BCUT2D eigenvalue weighted by Crippen LogP contribution is -2.13. The molecule has 3 heterocycles. The van der Waals surface area contributed by atoms with Gasteiger partial charge in [0.1, 0.15) is 28.0 Å². The second-order valence-electron chi connectivity index (χ2n) is 11.9. The summed E-state index contributed by atoms with van der Waals surface area (Å²) in [6, 6.07) is 42.9. The van der Waals surface area contributed by atoms with E-state index in [0.29, 0.717) is 32.9 Å². The van der Waals surface area contributed by atoms with Gasteiger partial charge in [0, 0.05) is 45.6 Å². The molecule has 0 aliphatic carbocycles. The largest absolute Gasteiger partial charge is 0.339 e. The Balaban J connectivity index is 1.28. The third kappa shape index (κ3) is 6.29. The van der Waals surface area contributed by atoms with E-state index in [1.807, 2.05) is 91.0 Å². The van der Waals surface area contributed by atoms with E-state index < -0.39 is 14.9 Å². The van der Waals surface area contributed by atoms with E-state index in [4.69, 9.17) is 15.2 Å². The van der Waals surface area contributed by atoms with E-state index in [-0.39, 0.29) is 22.1 Å². The highest BCUT2D eigenvalue weighted by atomic mass is 32.2. The molecule has 13 heteroatoms. The summed E-state index contributed by atoms with van der Waals surface area (Å²) < 4.78 is 29.6. The molecular weight excluding hydrogens is 707 g/mol. The molecule has 5 aromatic carbocycles. The lowest BCUT2D eigenvalue weighted by atomic mass is 9.95. The number of nitriles is 1. The minimum absolute atomic E-state index is 0.0290. The van der Waals surface area contributed by atoms with E-state index >= 15 is 0 Å². The van der Waals surface area contributed by atoms with E-state index in [0.717, 1.165) is 32.3 Å². The fraction of sp³-hybridized carbons (Fsp3) is 0. The number of fused-ring (bicyclic) bond motifs is 3. The summed E-state index contributed by atoms with van der Waals surface area (Å²) in [5.74, 6) is 0.287. The van der Waals surface area contributed by atoms with Gasteiger partial charge >= 0.3 is 0 Å². The van der Waals surface area contributed by atoms with Gasteiger partial charge in [-0.05, 0) is 47.5 Å². The second kappa shape index (κ2) is 13.6. The fourth-order valence-electron chi connectivity index (χ4n) is 6.13. The first kappa shape index (κ1) is 33.2. The Morgan fingerprint density at radius 2 is 1.26 bits per heavy atom. The van der Waals surface area contributed by atoms with Gasteiger partial charge < -0.3 is 5.32 Å². The standard InChI is InChI=1S/C40H25N7O4S2/c41-24-32-33(25-10-4-1-5-11-25)38-37(35-34(26-12-6-2-7-13-26)36(44-45-40(35)52-38)27-14-8-3-9-15-27)43-39(32)42-28-18-22-31(23-19-28)53(50,51)46-29-16-20-30(21-17-29)47(48)49/h1-23,46H,(H,42,43). The molecule has 0 bridgehead atoms. The van der Waals surface area contributed by atoms with Gasteiger partial charge in [-0.3, -0.25) is 14.8 Å². The summed E-state index contributed by atoms with van der Waals surface area (Å²) in [6.45, 7) is 0. The molecule has 0 saturated heterocycles. The summed E-state index contributed by atoms with van der Waals surface area (Å²) in [5, 5.41) is 35.2. The number of nitrogens with one attached hydrogen (secondary N) is 2. The summed E-state index contributed by atoms with van der Waals surface area (Å²) >= 11 is 1.43. The van der Waals surface area contributed by atoms with Gasteiger partial charge in [0.25, 0.3) is 15.7 Å². The minimum atomic E-state index is -4.02. The first-order chi connectivity index (χ1) is 25.8. The van der Waals surface area contributed by atoms with Crippen LogP contribution in [0.1, 0.15) is 5.56 Å². The van der Waals surface area contributed by atoms with Crippen LogP contribution in [0.3, 0.4) is 0 Å². The molecule has 0 aliphatic heterocycles. The van der Waals surface area contributed by atoms with Crippen molar-refractivity contribution in [3.8, 4) is 39.6 Å². The molecule has 53 heavy (non-hydrogen) atoms. The second-order valence-corrected chi connectivity index (χ2v) is 14.5. The molecule has 2 N–H and O–H groups in total. The van der Waals surface area contributed by atoms with Gasteiger partial charge in [-0.25, -0.2) is 13.4 Å². The molecule has 256 valence electrons. The highest BCUT2D eigenvalue weighted by molar-refractivity contribution is 7.92. The number of nitro benzene ring substituents is 1. The van der Waals surface area contributed by atoms with Gasteiger partial charge in [-0.2, -0.15) is 5.26 Å². The number of aromatic nitrogens is 3. The lowest BCUT2D eigenvalue weighted by molar-refractivity contribution is -0.384. The number of thiophene rings is 1. The van der Waals surface area contributed by atoms with Crippen molar-refractivity contribution >= 4 is 64.7 Å². The highest BCUT2D eigenvalue weighted by Gasteiger charge is 2.25. The maximum atomic E-state index is 13.2. The number of sulfonamides is 1. The lowest BCUT2D eigenvalue weighted by Gasteiger charge is -2.14. The molecule has 0 unspecified atom stereocenters. The maximum Gasteiger partial charge on any atom is 0.269 e. The average Bonchev–Trinajstić information content (AvgIpc) is 3.56. The number of non-ortho nitro benzene ring substituents is 1. The molecule has 0 spiro atoms. The zero-order chi connectivity index (χ0) is 36.5. The molecule has 0 fully saturated rings. The molecule has 3 aromatic heterocycles. The van der Waals surface area contributed by atoms with Gasteiger partial charge in [-0.15, -0.1) is 21.5 Å². The summed E-state index contributed by atoms with van der Waals surface area (Å²) in [7, 11) is -4.02. The first-order valence-electron chi connectivity index (χ1n) is 16.2. The Hall–Kier alpha value is -7.01. The third-order valence-corrected chi connectivity index (χ3v) is 11.0. The molecule has 8 rings (SSSR count). The van der Waals surface area contributed by atoms with Crippen molar-refractivity contribution in [1.82, 2.24) is 15.2 Å². The average molecular weight is 732 g/mol. The molecule has 0 aliphatic rings. The van der Waals surface area contributed by atoms with Crippen molar-refractivity contribution in [2.45, 2.75) is 4.90 Å². The van der Waals surface area contributed by atoms with Gasteiger partial charge in [-0.1, -0.05) is 91.0 Å². The van der Waals surface area contributed by atoms with Gasteiger partial charge in [0.2, 0.25) is 0 Å². The molecule has 0 atom stereocenters. The Morgan fingerprint density at radius 3 is 1.85 bits per heavy atom. The Kier molecular flexibility index (Phi) is 8.51. The zero-order valence-electron chi connectivity index (χ0n) is 27.5. The topological polar surface area (TPSA) is 164 Å². The Morgan fingerprint density at radius 1 is 0.698 bits per heavy atom. The number of nitro groups is 1. The van der Waals surface area contributed by atoms with Crippen LogP contribution in [0.15, 0.2) is 144 Å². The van der Waals surface area contributed by atoms with Gasteiger partial charge in [0.15, 0.2) is 0 Å². The fourth-order valence-corrected chi connectivity index (χ4v) is 8.33. The van der Waals surface area contributed by atoms with Crippen LogP contribution in [0, 0.1) is 21.4 Å². The normalized spacial score (nSPS) is 11.3. The monoisotopic (exact) mass is 731 g/mol. The molecule has 0 radical (unpaired) electrons. The molecule has 11 nitrogen and oxygen atoms in total. The first-order valence-corrected chi connectivity index (χ1v) is 18.5. The van der Waals surface area contributed by atoms with E-state index in [1.165, 1.54) is 47.7 Å². The molecule has 0 saturated carbocycles. The predicted octanol–water partition coefficient (Wildman–Crippen LogP) is 9.56. The van der Waals surface area contributed by atoms with Crippen molar-refractivity contribution in [3.05, 3.63) is 155 Å². The predicted molar refractivity (Wildman–Crippen MR) is 207 cm³/mol. The van der Waals surface area contributed by atoms with Crippen LogP contribution in [0.5, 0.6) is 0 Å². The number of rotatable bonds is 9. The summed E-state index contributed by atoms with van der Waals surface area (Å²) in [4.78, 5) is 16.2. The van der Waals surface area contributed by atoms with Crippen LogP contribution in [-0.4, -0.2) is 28.5 Å². The number of anilines is 3. The van der Waals surface area contributed by atoms with E-state index in [1.54, 1.807) is 12.1 Å². The van der Waals surface area contributed by atoms with Crippen LogP contribution < -0.4 is 10.0 Å². The zero-order valence-corrected chi connectivity index (χ0v) is 29.1. The maximum absolute atomic E-state index is 13.2. The van der Waals surface area contributed by atoms with Crippen LogP contribution in [0.25, 0.3) is 53.9 Å².